The molecule has 0 unspecified atom stereocenters. The Morgan fingerprint density at radius 3 is 0.923 bits per heavy atom. The fourth-order valence-corrected chi connectivity index (χ4v) is 7.54. The first kappa shape index (κ1) is 24.9. The molecule has 0 fully saturated rings. The zero-order chi connectivity index (χ0) is 27.8. The van der Waals surface area contributed by atoms with E-state index in [1.807, 2.05) is 36.4 Å². The molecule has 0 bridgehead atoms. The van der Waals surface area contributed by atoms with Gasteiger partial charge in [-0.25, -0.2) is 0 Å². The molecular formula is C33H32B2O4. The molecule has 0 spiro atoms. The Hall–Kier alpha value is -3.15. The second-order valence-corrected chi connectivity index (χ2v) is 13.1. The molecule has 3 aliphatic rings. The fraction of sp³-hybridized carbons (Fsp3) is 0.273. The van der Waals surface area contributed by atoms with Crippen LogP contribution in [0.25, 0.3) is 33.4 Å². The van der Waals surface area contributed by atoms with Gasteiger partial charge in [-0.3, -0.25) is 0 Å². The zero-order valence-electron chi connectivity index (χ0n) is 23.2. The number of hydrogen-bond acceptors (Lipinski definition) is 4. The Kier molecular flexibility index (Phi) is 4.80. The van der Waals surface area contributed by atoms with E-state index in [1.54, 1.807) is 0 Å². The Morgan fingerprint density at radius 2 is 0.641 bits per heavy atom. The largest absolute Gasteiger partial charge is 0.488 e. The zero-order valence-corrected chi connectivity index (χ0v) is 23.2. The molecule has 0 aliphatic heterocycles. The molecule has 4 N–H and O–H groups in total. The molecule has 0 saturated heterocycles. The summed E-state index contributed by atoms with van der Waals surface area (Å²) in [6, 6.07) is 21.0. The van der Waals surface area contributed by atoms with Crippen LogP contribution in [-0.4, -0.2) is 34.3 Å². The third-order valence-corrected chi connectivity index (χ3v) is 9.91. The van der Waals surface area contributed by atoms with Gasteiger partial charge in [0.2, 0.25) is 0 Å². The summed E-state index contributed by atoms with van der Waals surface area (Å²) in [6.07, 6.45) is 0. The van der Waals surface area contributed by atoms with Crippen LogP contribution < -0.4 is 10.9 Å². The van der Waals surface area contributed by atoms with Gasteiger partial charge in [0.25, 0.3) is 0 Å². The maximum absolute atomic E-state index is 9.81. The van der Waals surface area contributed by atoms with Crippen LogP contribution in [0.3, 0.4) is 0 Å². The first-order valence-corrected chi connectivity index (χ1v) is 13.6. The van der Waals surface area contributed by atoms with Gasteiger partial charge in [0, 0.05) is 16.2 Å². The maximum atomic E-state index is 9.81. The average molecular weight is 514 g/mol. The van der Waals surface area contributed by atoms with E-state index in [0.29, 0.717) is 10.9 Å². The van der Waals surface area contributed by atoms with Crippen molar-refractivity contribution >= 4 is 25.2 Å². The number of benzene rings is 4. The summed E-state index contributed by atoms with van der Waals surface area (Å²) in [6.45, 7) is 13.5. The molecule has 4 nitrogen and oxygen atoms in total. The number of rotatable bonds is 2. The molecule has 6 heteroatoms. The standard InChI is InChI=1S/C33H32B2O4/c1-31(2)25-11-17(34(36)37)7-9-19(25)21-13-29-23(15-27(21)31)24-16-28-22(14-30(24)33(29,5)6)20-10-8-18(35(38)39)12-26(20)32(28,3)4/h7-16,36-39H,1-6H3. The van der Waals surface area contributed by atoms with Crippen molar-refractivity contribution in [2.24, 2.45) is 0 Å². The monoisotopic (exact) mass is 514 g/mol. The predicted octanol–water partition coefficient (Wildman–Crippen LogP) is 3.97. The smallest absolute Gasteiger partial charge is 0.423 e. The minimum Gasteiger partial charge on any atom is -0.423 e. The molecule has 0 atom stereocenters. The van der Waals surface area contributed by atoms with Gasteiger partial charge in [0.15, 0.2) is 0 Å². The predicted molar refractivity (Wildman–Crippen MR) is 159 cm³/mol. The highest BCUT2D eigenvalue weighted by Gasteiger charge is 2.44. The molecule has 0 heterocycles. The van der Waals surface area contributed by atoms with Gasteiger partial charge < -0.3 is 20.1 Å². The van der Waals surface area contributed by atoms with Crippen molar-refractivity contribution in [2.45, 2.75) is 57.8 Å². The third kappa shape index (κ3) is 3.06. The van der Waals surface area contributed by atoms with E-state index in [2.05, 4.69) is 65.8 Å². The topological polar surface area (TPSA) is 80.9 Å². The first-order valence-electron chi connectivity index (χ1n) is 13.6. The summed E-state index contributed by atoms with van der Waals surface area (Å²) < 4.78 is 0. The summed E-state index contributed by atoms with van der Waals surface area (Å²) >= 11 is 0. The van der Waals surface area contributed by atoms with Crippen LogP contribution >= 0.6 is 0 Å². The maximum Gasteiger partial charge on any atom is 0.488 e. The van der Waals surface area contributed by atoms with Crippen LogP contribution in [-0.2, 0) is 16.2 Å². The summed E-state index contributed by atoms with van der Waals surface area (Å²) in [4.78, 5) is 0. The summed E-state index contributed by atoms with van der Waals surface area (Å²) in [7, 11) is -2.98. The van der Waals surface area contributed by atoms with Crippen molar-refractivity contribution in [3.8, 4) is 33.4 Å². The Balaban J connectivity index is 1.44. The minimum absolute atomic E-state index is 0.197. The van der Waals surface area contributed by atoms with E-state index < -0.39 is 14.2 Å². The quantitative estimate of drug-likeness (QED) is 0.306. The number of hydrogen-bond donors (Lipinski definition) is 4. The fourth-order valence-electron chi connectivity index (χ4n) is 7.54. The molecular weight excluding hydrogens is 482 g/mol. The molecule has 0 radical (unpaired) electrons. The molecule has 0 aromatic heterocycles. The van der Waals surface area contributed by atoms with Crippen molar-refractivity contribution in [2.75, 3.05) is 0 Å². The second kappa shape index (κ2) is 7.52. The van der Waals surface area contributed by atoms with Crippen LogP contribution in [0.15, 0.2) is 60.7 Å². The lowest BCUT2D eigenvalue weighted by Crippen LogP contribution is -2.31. The van der Waals surface area contributed by atoms with Crippen LogP contribution in [0, 0.1) is 0 Å². The lowest BCUT2D eigenvalue weighted by molar-refractivity contribution is 0.424. The highest BCUT2D eigenvalue weighted by atomic mass is 16.4. The van der Waals surface area contributed by atoms with Crippen LogP contribution in [0.1, 0.15) is 74.9 Å². The van der Waals surface area contributed by atoms with Crippen molar-refractivity contribution in [1.29, 1.82) is 0 Å². The molecule has 0 amide bonds. The van der Waals surface area contributed by atoms with Gasteiger partial charge in [-0.05, 0) is 102 Å². The third-order valence-electron chi connectivity index (χ3n) is 9.91. The van der Waals surface area contributed by atoms with Gasteiger partial charge in [-0.1, -0.05) is 77.9 Å². The molecule has 4 aromatic rings. The highest BCUT2D eigenvalue weighted by Crippen LogP contribution is 2.59. The summed E-state index contributed by atoms with van der Waals surface area (Å²) in [5.74, 6) is 0. The molecule has 7 rings (SSSR count). The lowest BCUT2D eigenvalue weighted by Gasteiger charge is -2.25. The SMILES string of the molecule is CC1(C)c2cc(B(O)O)ccc2-c2cc3c(cc21)-c1cc2c(cc1C3(C)C)-c1ccc(B(O)O)cc1C2(C)C. The summed E-state index contributed by atoms with van der Waals surface area (Å²) in [5, 5.41) is 39.3. The molecule has 3 aliphatic carbocycles. The number of fused-ring (bicyclic) bond motifs is 9. The van der Waals surface area contributed by atoms with E-state index in [4.69, 9.17) is 0 Å². The van der Waals surface area contributed by atoms with E-state index in [-0.39, 0.29) is 16.2 Å². The van der Waals surface area contributed by atoms with E-state index in [9.17, 15) is 20.1 Å². The average Bonchev–Trinajstić information content (AvgIpc) is 3.35. The normalized spacial score (nSPS) is 17.6. The molecule has 0 saturated carbocycles. The van der Waals surface area contributed by atoms with E-state index in [1.165, 1.54) is 44.5 Å². The summed E-state index contributed by atoms with van der Waals surface area (Å²) in [5.41, 5.74) is 15.0. The van der Waals surface area contributed by atoms with Gasteiger partial charge >= 0.3 is 14.2 Å². The van der Waals surface area contributed by atoms with Gasteiger partial charge in [-0.15, -0.1) is 0 Å². The van der Waals surface area contributed by atoms with Gasteiger partial charge in [-0.2, -0.15) is 0 Å². The van der Waals surface area contributed by atoms with Gasteiger partial charge in [0.1, 0.15) is 0 Å². The van der Waals surface area contributed by atoms with Crippen LogP contribution in [0.4, 0.5) is 0 Å². The first-order chi connectivity index (χ1) is 18.2. The van der Waals surface area contributed by atoms with Crippen LogP contribution in [0.5, 0.6) is 0 Å². The van der Waals surface area contributed by atoms with E-state index >= 15 is 0 Å². The molecule has 39 heavy (non-hydrogen) atoms. The Labute approximate surface area is 230 Å². The van der Waals surface area contributed by atoms with Crippen molar-refractivity contribution in [3.05, 3.63) is 94.0 Å². The molecule has 4 aromatic carbocycles. The highest BCUT2D eigenvalue weighted by molar-refractivity contribution is 6.59. The van der Waals surface area contributed by atoms with Crippen molar-refractivity contribution in [1.82, 2.24) is 0 Å². The lowest BCUT2D eigenvalue weighted by atomic mass is 9.75. The Morgan fingerprint density at radius 1 is 0.385 bits per heavy atom. The minimum atomic E-state index is -1.49. The second-order valence-electron chi connectivity index (χ2n) is 13.1. The van der Waals surface area contributed by atoms with Gasteiger partial charge in [0.05, 0.1) is 0 Å². The van der Waals surface area contributed by atoms with Crippen molar-refractivity contribution in [3.63, 3.8) is 0 Å². The van der Waals surface area contributed by atoms with Crippen LogP contribution in [0.2, 0.25) is 0 Å². The Bertz CT molecular complexity index is 1620. The van der Waals surface area contributed by atoms with Crippen molar-refractivity contribution < 1.29 is 20.1 Å². The molecule has 194 valence electrons. The van der Waals surface area contributed by atoms with E-state index in [0.717, 1.165) is 22.3 Å².